The van der Waals surface area contributed by atoms with Gasteiger partial charge in [0.15, 0.2) is 0 Å². The van der Waals surface area contributed by atoms with Gasteiger partial charge in [-0.05, 0) is 41.7 Å². The summed E-state index contributed by atoms with van der Waals surface area (Å²) in [4.78, 5) is 27.1. The highest BCUT2D eigenvalue weighted by molar-refractivity contribution is 7.99. The number of rotatable bonds is 7. The van der Waals surface area contributed by atoms with Crippen LogP contribution in [0, 0.1) is 0 Å². The molecule has 1 heterocycles. The number of nitrogens with one attached hydrogen (secondary N) is 1. The second kappa shape index (κ2) is 9.16. The Kier molecular flexibility index (Phi) is 6.74. The van der Waals surface area contributed by atoms with E-state index in [-0.39, 0.29) is 17.0 Å². The lowest BCUT2D eigenvalue weighted by atomic mass is 10.0. The highest BCUT2D eigenvalue weighted by atomic mass is 32.2. The molecule has 32 heavy (non-hydrogen) atoms. The normalized spacial score (nSPS) is 15.4. The number of carbonyl (C=O) groups excluding carboxylic acids is 2. The molecular formula is C24H29N3O4S. The van der Waals surface area contributed by atoms with E-state index in [9.17, 15) is 18.0 Å². The third kappa shape index (κ3) is 4.70. The topological polar surface area (TPSA) is 86.8 Å². The molecule has 0 radical (unpaired) electrons. The van der Waals surface area contributed by atoms with Gasteiger partial charge in [0.05, 0.1) is 0 Å². The van der Waals surface area contributed by atoms with Crippen molar-refractivity contribution in [3.8, 4) is 0 Å². The lowest BCUT2D eigenvalue weighted by molar-refractivity contribution is -0.128. The third-order valence-electron chi connectivity index (χ3n) is 5.51. The number of hydrogen-bond acceptors (Lipinski definition) is 5. The predicted octanol–water partition coefficient (Wildman–Crippen LogP) is 3.10. The van der Waals surface area contributed by atoms with Gasteiger partial charge in [-0.2, -0.15) is 0 Å². The largest absolute Gasteiger partial charge is 0.378 e. The SMILES string of the molecule is CC1=C(c2ccc(C(C)C)cc2)S(=O)(=O)N(CC(=O)NCc2ccc(N(C)C)cc2)C1=O. The van der Waals surface area contributed by atoms with Crippen LogP contribution in [0.15, 0.2) is 54.1 Å². The zero-order valence-corrected chi connectivity index (χ0v) is 19.9. The molecule has 3 rings (SSSR count). The molecule has 1 aliphatic rings. The molecule has 8 heteroatoms. The molecule has 2 amide bonds. The molecule has 0 atom stereocenters. The lowest BCUT2D eigenvalue weighted by Crippen LogP contribution is -2.40. The van der Waals surface area contributed by atoms with Gasteiger partial charge in [0.25, 0.3) is 15.9 Å². The van der Waals surface area contributed by atoms with Crippen molar-refractivity contribution in [2.75, 3.05) is 25.5 Å². The van der Waals surface area contributed by atoms with Gasteiger partial charge >= 0.3 is 0 Å². The van der Waals surface area contributed by atoms with Crippen LogP contribution >= 0.6 is 0 Å². The Morgan fingerprint density at radius 2 is 1.62 bits per heavy atom. The van der Waals surface area contributed by atoms with Crippen molar-refractivity contribution in [3.05, 3.63) is 70.8 Å². The molecule has 2 aromatic rings. The van der Waals surface area contributed by atoms with Crippen LogP contribution in [0.2, 0.25) is 0 Å². The predicted molar refractivity (Wildman–Crippen MR) is 126 cm³/mol. The Morgan fingerprint density at radius 3 is 2.16 bits per heavy atom. The van der Waals surface area contributed by atoms with E-state index in [0.29, 0.717) is 15.8 Å². The maximum Gasteiger partial charge on any atom is 0.268 e. The van der Waals surface area contributed by atoms with Gasteiger partial charge < -0.3 is 10.2 Å². The van der Waals surface area contributed by atoms with Crippen molar-refractivity contribution < 1.29 is 18.0 Å². The molecule has 0 saturated carbocycles. The molecule has 1 N–H and O–H groups in total. The van der Waals surface area contributed by atoms with Crippen LogP contribution in [0.4, 0.5) is 5.69 Å². The summed E-state index contributed by atoms with van der Waals surface area (Å²) in [7, 11) is -0.233. The van der Waals surface area contributed by atoms with Crippen LogP contribution in [0.5, 0.6) is 0 Å². The van der Waals surface area contributed by atoms with Gasteiger partial charge in [-0.1, -0.05) is 50.2 Å². The number of anilines is 1. The number of nitrogens with zero attached hydrogens (tertiary/aromatic N) is 2. The maximum absolute atomic E-state index is 13.1. The van der Waals surface area contributed by atoms with E-state index in [0.717, 1.165) is 16.8 Å². The first-order valence-corrected chi connectivity index (χ1v) is 11.9. The van der Waals surface area contributed by atoms with E-state index >= 15 is 0 Å². The monoisotopic (exact) mass is 455 g/mol. The minimum atomic E-state index is -4.11. The standard InChI is InChI=1S/C24H29N3O4S/c1-16(2)19-8-10-20(11-9-19)23-17(3)24(29)27(32(23,30)31)15-22(28)25-14-18-6-12-21(13-7-18)26(4)5/h6-13,16H,14-15H2,1-5H3,(H,25,28). The Bertz CT molecular complexity index is 1150. The molecule has 0 spiro atoms. The van der Waals surface area contributed by atoms with E-state index in [4.69, 9.17) is 0 Å². The first kappa shape index (κ1) is 23.5. The van der Waals surface area contributed by atoms with Crippen molar-refractivity contribution in [1.29, 1.82) is 0 Å². The highest BCUT2D eigenvalue weighted by Gasteiger charge is 2.43. The summed E-state index contributed by atoms with van der Waals surface area (Å²) < 4.78 is 26.9. The average Bonchev–Trinajstić information content (AvgIpc) is 2.91. The molecule has 0 fully saturated rings. The summed E-state index contributed by atoms with van der Waals surface area (Å²) in [6.45, 7) is 5.26. The summed E-state index contributed by atoms with van der Waals surface area (Å²) in [6.07, 6.45) is 0. The molecular weight excluding hydrogens is 426 g/mol. The molecule has 1 aliphatic heterocycles. The van der Waals surface area contributed by atoms with E-state index in [2.05, 4.69) is 5.32 Å². The fraction of sp³-hybridized carbons (Fsp3) is 0.333. The quantitative estimate of drug-likeness (QED) is 0.693. The van der Waals surface area contributed by atoms with Gasteiger partial charge in [0, 0.05) is 31.9 Å². The van der Waals surface area contributed by atoms with Crippen molar-refractivity contribution in [1.82, 2.24) is 9.62 Å². The number of amides is 2. The Labute approximate surface area is 189 Å². The molecule has 0 bridgehead atoms. The fourth-order valence-electron chi connectivity index (χ4n) is 3.54. The van der Waals surface area contributed by atoms with E-state index in [1.165, 1.54) is 6.92 Å². The first-order chi connectivity index (χ1) is 15.0. The van der Waals surface area contributed by atoms with Gasteiger partial charge in [-0.25, -0.2) is 12.7 Å². The minimum Gasteiger partial charge on any atom is -0.378 e. The number of sulfonamides is 1. The van der Waals surface area contributed by atoms with Gasteiger partial charge in [-0.3, -0.25) is 9.59 Å². The number of carbonyl (C=O) groups is 2. The van der Waals surface area contributed by atoms with Crippen LogP contribution in [-0.4, -0.2) is 45.2 Å². The van der Waals surface area contributed by atoms with Crippen LogP contribution < -0.4 is 10.2 Å². The Balaban J connectivity index is 1.71. The van der Waals surface area contributed by atoms with Crippen molar-refractivity contribution >= 4 is 32.4 Å². The molecule has 170 valence electrons. The molecule has 0 saturated heterocycles. The summed E-state index contributed by atoms with van der Waals surface area (Å²) in [5, 5.41) is 2.69. The zero-order chi connectivity index (χ0) is 23.6. The van der Waals surface area contributed by atoms with Gasteiger partial charge in [-0.15, -0.1) is 0 Å². The zero-order valence-electron chi connectivity index (χ0n) is 19.0. The number of hydrogen-bond donors (Lipinski definition) is 1. The summed E-state index contributed by atoms with van der Waals surface area (Å²) >= 11 is 0. The average molecular weight is 456 g/mol. The third-order valence-corrected chi connectivity index (χ3v) is 7.44. The Morgan fingerprint density at radius 1 is 1.03 bits per heavy atom. The molecule has 7 nitrogen and oxygen atoms in total. The van der Waals surface area contributed by atoms with E-state index in [1.54, 1.807) is 12.1 Å². The second-order valence-corrected chi connectivity index (χ2v) is 10.2. The van der Waals surface area contributed by atoms with E-state index in [1.807, 2.05) is 69.2 Å². The van der Waals surface area contributed by atoms with Crippen molar-refractivity contribution in [3.63, 3.8) is 0 Å². The molecule has 0 aliphatic carbocycles. The van der Waals surface area contributed by atoms with Crippen molar-refractivity contribution in [2.45, 2.75) is 33.2 Å². The number of benzene rings is 2. The molecule has 0 unspecified atom stereocenters. The van der Waals surface area contributed by atoms with Crippen LogP contribution in [0.1, 0.15) is 43.4 Å². The summed E-state index contributed by atoms with van der Waals surface area (Å²) in [6, 6.07) is 14.8. The smallest absolute Gasteiger partial charge is 0.268 e. The Hall–Kier alpha value is -3.13. The fourth-order valence-corrected chi connectivity index (χ4v) is 5.31. The van der Waals surface area contributed by atoms with Crippen molar-refractivity contribution in [2.24, 2.45) is 0 Å². The first-order valence-electron chi connectivity index (χ1n) is 10.4. The van der Waals surface area contributed by atoms with Crippen LogP contribution in [0.3, 0.4) is 0 Å². The lowest BCUT2D eigenvalue weighted by Gasteiger charge is -2.17. The van der Waals surface area contributed by atoms with E-state index < -0.39 is 28.4 Å². The summed E-state index contributed by atoms with van der Waals surface area (Å²) in [5.41, 5.74) is 3.55. The van der Waals surface area contributed by atoms with Gasteiger partial charge in [0.1, 0.15) is 11.4 Å². The maximum atomic E-state index is 13.1. The van der Waals surface area contributed by atoms with Crippen LogP contribution in [0.25, 0.3) is 4.91 Å². The molecule has 2 aromatic carbocycles. The van der Waals surface area contributed by atoms with Crippen LogP contribution in [-0.2, 0) is 26.2 Å². The molecule has 0 aromatic heterocycles. The second-order valence-electron chi connectivity index (χ2n) is 8.39. The highest BCUT2D eigenvalue weighted by Crippen LogP contribution is 2.35. The minimum absolute atomic E-state index is 0.0371. The van der Waals surface area contributed by atoms with Gasteiger partial charge in [0.2, 0.25) is 5.91 Å². The summed E-state index contributed by atoms with van der Waals surface area (Å²) in [5.74, 6) is -0.901.